The third-order valence-electron chi connectivity index (χ3n) is 3.02. The third kappa shape index (κ3) is 5.25. The lowest BCUT2D eigenvalue weighted by Crippen LogP contribution is -2.22. The molecule has 0 unspecified atom stereocenters. The van der Waals surface area contributed by atoms with E-state index in [0.717, 1.165) is 17.9 Å². The first-order chi connectivity index (χ1) is 10.1. The molecule has 0 aliphatic rings. The second kappa shape index (κ2) is 7.86. The molecule has 21 heavy (non-hydrogen) atoms. The third-order valence-corrected chi connectivity index (χ3v) is 3.02. The smallest absolute Gasteiger partial charge is 0.128 e. The lowest BCUT2D eigenvalue weighted by molar-refractivity contribution is 0.102. The standard InChI is InChI=1S/C17H21FN2O/c1-13(2)19-10-15-7-5-8-16(20-15)12-21-11-14-6-3-4-9-17(14)18/h3-9,13,19H,10-12H2,1-2H3. The van der Waals surface area contributed by atoms with Crippen LogP contribution in [0.5, 0.6) is 0 Å². The minimum Gasteiger partial charge on any atom is -0.370 e. The summed E-state index contributed by atoms with van der Waals surface area (Å²) in [7, 11) is 0. The number of benzene rings is 1. The first kappa shape index (κ1) is 15.6. The van der Waals surface area contributed by atoms with Crippen molar-refractivity contribution in [3.63, 3.8) is 0 Å². The van der Waals surface area contributed by atoms with Crippen molar-refractivity contribution < 1.29 is 9.13 Å². The molecule has 1 N–H and O–H groups in total. The van der Waals surface area contributed by atoms with Crippen molar-refractivity contribution in [3.8, 4) is 0 Å². The molecule has 0 bridgehead atoms. The van der Waals surface area contributed by atoms with Crippen molar-refractivity contribution in [2.75, 3.05) is 0 Å². The molecule has 112 valence electrons. The average Bonchev–Trinajstić information content (AvgIpc) is 2.48. The number of aromatic nitrogens is 1. The van der Waals surface area contributed by atoms with E-state index in [-0.39, 0.29) is 12.4 Å². The van der Waals surface area contributed by atoms with E-state index in [1.54, 1.807) is 18.2 Å². The van der Waals surface area contributed by atoms with Gasteiger partial charge in [-0.25, -0.2) is 4.39 Å². The fourth-order valence-electron chi connectivity index (χ4n) is 1.90. The van der Waals surface area contributed by atoms with Crippen LogP contribution < -0.4 is 5.32 Å². The highest BCUT2D eigenvalue weighted by atomic mass is 19.1. The Labute approximate surface area is 125 Å². The van der Waals surface area contributed by atoms with Crippen molar-refractivity contribution in [2.45, 2.75) is 39.6 Å². The molecular weight excluding hydrogens is 267 g/mol. The number of rotatable bonds is 7. The van der Waals surface area contributed by atoms with E-state index < -0.39 is 0 Å². The molecule has 0 saturated heterocycles. The maximum atomic E-state index is 13.5. The Bertz CT molecular complexity index is 572. The van der Waals surface area contributed by atoms with E-state index >= 15 is 0 Å². The van der Waals surface area contributed by atoms with Gasteiger partial charge in [0.2, 0.25) is 0 Å². The summed E-state index contributed by atoms with van der Waals surface area (Å²) in [4.78, 5) is 4.52. The molecule has 0 atom stereocenters. The second-order valence-electron chi connectivity index (χ2n) is 5.24. The van der Waals surface area contributed by atoms with Gasteiger partial charge in [-0.2, -0.15) is 0 Å². The van der Waals surface area contributed by atoms with Crippen molar-refractivity contribution >= 4 is 0 Å². The monoisotopic (exact) mass is 288 g/mol. The van der Waals surface area contributed by atoms with Crippen LogP contribution >= 0.6 is 0 Å². The Balaban J connectivity index is 1.86. The highest BCUT2D eigenvalue weighted by Crippen LogP contribution is 2.09. The van der Waals surface area contributed by atoms with Crippen LogP contribution in [0.4, 0.5) is 4.39 Å². The minimum absolute atomic E-state index is 0.236. The fourth-order valence-corrected chi connectivity index (χ4v) is 1.90. The van der Waals surface area contributed by atoms with E-state index in [1.165, 1.54) is 6.07 Å². The first-order valence-electron chi connectivity index (χ1n) is 7.14. The highest BCUT2D eigenvalue weighted by Gasteiger charge is 2.03. The number of nitrogens with one attached hydrogen (secondary N) is 1. The Hall–Kier alpha value is -1.78. The van der Waals surface area contributed by atoms with Crippen molar-refractivity contribution in [1.29, 1.82) is 0 Å². The molecule has 1 aromatic carbocycles. The zero-order chi connectivity index (χ0) is 15.1. The second-order valence-corrected chi connectivity index (χ2v) is 5.24. The summed E-state index contributed by atoms with van der Waals surface area (Å²) in [6, 6.07) is 12.9. The van der Waals surface area contributed by atoms with Crippen LogP contribution in [-0.4, -0.2) is 11.0 Å². The van der Waals surface area contributed by atoms with E-state index in [9.17, 15) is 4.39 Å². The zero-order valence-electron chi connectivity index (χ0n) is 12.5. The molecule has 0 radical (unpaired) electrons. The van der Waals surface area contributed by atoms with Crippen LogP contribution in [0.15, 0.2) is 42.5 Å². The van der Waals surface area contributed by atoms with Gasteiger partial charge in [0, 0.05) is 18.2 Å². The SMILES string of the molecule is CC(C)NCc1cccc(COCc2ccccc2F)n1. The summed E-state index contributed by atoms with van der Waals surface area (Å²) in [6.45, 7) is 5.56. The molecule has 0 amide bonds. The molecule has 0 spiro atoms. The van der Waals surface area contributed by atoms with E-state index in [1.807, 2.05) is 18.2 Å². The van der Waals surface area contributed by atoms with Crippen LogP contribution in [0.2, 0.25) is 0 Å². The van der Waals surface area contributed by atoms with Gasteiger partial charge in [0.25, 0.3) is 0 Å². The summed E-state index contributed by atoms with van der Waals surface area (Å²) in [5.74, 6) is -0.236. The number of hydrogen-bond donors (Lipinski definition) is 1. The average molecular weight is 288 g/mol. The van der Waals surface area contributed by atoms with Crippen LogP contribution in [0, 0.1) is 5.82 Å². The van der Waals surface area contributed by atoms with E-state index in [2.05, 4.69) is 24.1 Å². The molecule has 3 nitrogen and oxygen atoms in total. The van der Waals surface area contributed by atoms with Gasteiger partial charge in [0.1, 0.15) is 5.82 Å². The van der Waals surface area contributed by atoms with Crippen LogP contribution in [-0.2, 0) is 24.5 Å². The Kier molecular flexibility index (Phi) is 5.84. The molecule has 0 aliphatic carbocycles. The van der Waals surface area contributed by atoms with Gasteiger partial charge in [-0.3, -0.25) is 4.98 Å². The van der Waals surface area contributed by atoms with Gasteiger partial charge >= 0.3 is 0 Å². The lowest BCUT2D eigenvalue weighted by Gasteiger charge is -2.09. The number of ether oxygens (including phenoxy) is 1. The fraction of sp³-hybridized carbons (Fsp3) is 0.353. The molecule has 4 heteroatoms. The van der Waals surface area contributed by atoms with E-state index in [4.69, 9.17) is 4.74 Å². The lowest BCUT2D eigenvalue weighted by atomic mass is 10.2. The topological polar surface area (TPSA) is 34.1 Å². The van der Waals surface area contributed by atoms with Gasteiger partial charge in [-0.15, -0.1) is 0 Å². The number of halogens is 1. The highest BCUT2D eigenvalue weighted by molar-refractivity contribution is 5.16. The first-order valence-corrected chi connectivity index (χ1v) is 7.14. The maximum absolute atomic E-state index is 13.5. The Morgan fingerprint density at radius 2 is 1.81 bits per heavy atom. The number of hydrogen-bond acceptors (Lipinski definition) is 3. The van der Waals surface area contributed by atoms with Gasteiger partial charge in [-0.05, 0) is 18.2 Å². The van der Waals surface area contributed by atoms with Crippen LogP contribution in [0.3, 0.4) is 0 Å². The molecule has 1 aromatic heterocycles. The summed E-state index contributed by atoms with van der Waals surface area (Å²) >= 11 is 0. The number of pyridine rings is 1. The Morgan fingerprint density at radius 3 is 2.57 bits per heavy atom. The molecule has 2 aromatic rings. The summed E-state index contributed by atoms with van der Waals surface area (Å²) in [6.07, 6.45) is 0. The minimum atomic E-state index is -0.236. The maximum Gasteiger partial charge on any atom is 0.128 e. The predicted molar refractivity (Wildman–Crippen MR) is 81.1 cm³/mol. The zero-order valence-corrected chi connectivity index (χ0v) is 12.5. The van der Waals surface area contributed by atoms with Crippen LogP contribution in [0.1, 0.15) is 30.8 Å². The van der Waals surface area contributed by atoms with Gasteiger partial charge in [-0.1, -0.05) is 38.1 Å². The Morgan fingerprint density at radius 1 is 1.05 bits per heavy atom. The summed E-state index contributed by atoms with van der Waals surface area (Å²) in [5.41, 5.74) is 2.40. The van der Waals surface area contributed by atoms with Gasteiger partial charge in [0.05, 0.1) is 24.6 Å². The normalized spacial score (nSPS) is 11.0. The molecule has 1 heterocycles. The van der Waals surface area contributed by atoms with Crippen molar-refractivity contribution in [3.05, 3.63) is 65.2 Å². The summed E-state index contributed by atoms with van der Waals surface area (Å²) in [5, 5.41) is 3.33. The van der Waals surface area contributed by atoms with Gasteiger partial charge in [0.15, 0.2) is 0 Å². The van der Waals surface area contributed by atoms with Gasteiger partial charge < -0.3 is 10.1 Å². The quantitative estimate of drug-likeness (QED) is 0.847. The molecule has 0 aliphatic heterocycles. The van der Waals surface area contributed by atoms with Crippen molar-refractivity contribution in [2.24, 2.45) is 0 Å². The number of nitrogens with zero attached hydrogens (tertiary/aromatic N) is 1. The predicted octanol–water partition coefficient (Wildman–Crippen LogP) is 3.44. The molecular formula is C17H21FN2O. The largest absolute Gasteiger partial charge is 0.370 e. The molecule has 2 rings (SSSR count). The molecule has 0 saturated carbocycles. The van der Waals surface area contributed by atoms with E-state index in [0.29, 0.717) is 18.2 Å². The van der Waals surface area contributed by atoms with Crippen LogP contribution in [0.25, 0.3) is 0 Å². The summed E-state index contributed by atoms with van der Waals surface area (Å²) < 4.78 is 19.0. The van der Waals surface area contributed by atoms with Crippen molar-refractivity contribution in [1.82, 2.24) is 10.3 Å². The molecule has 0 fully saturated rings.